The first-order valence-electron chi connectivity index (χ1n) is 11.5. The van der Waals surface area contributed by atoms with E-state index in [1.807, 2.05) is 49.7 Å². The third kappa shape index (κ3) is 5.91. The van der Waals surface area contributed by atoms with Gasteiger partial charge in [-0.25, -0.2) is 14.8 Å². The van der Waals surface area contributed by atoms with Gasteiger partial charge in [0.2, 0.25) is 0 Å². The van der Waals surface area contributed by atoms with Crippen LogP contribution in [0.25, 0.3) is 11.0 Å². The molecular weight excluding hydrogens is 418 g/mol. The fraction of sp³-hybridized carbons (Fsp3) is 0.500. The zero-order valence-corrected chi connectivity index (χ0v) is 19.6. The van der Waals surface area contributed by atoms with Gasteiger partial charge in [-0.1, -0.05) is 12.1 Å². The lowest BCUT2D eigenvalue weighted by Crippen LogP contribution is -2.42. The first kappa shape index (κ1) is 22.8. The van der Waals surface area contributed by atoms with Crippen LogP contribution in [0.1, 0.15) is 39.2 Å². The zero-order valence-electron chi connectivity index (χ0n) is 19.6. The van der Waals surface area contributed by atoms with Crippen LogP contribution in [0.15, 0.2) is 36.8 Å². The van der Waals surface area contributed by atoms with E-state index in [1.165, 1.54) is 5.56 Å². The maximum Gasteiger partial charge on any atom is 0.410 e. The van der Waals surface area contributed by atoms with Gasteiger partial charge in [0.1, 0.15) is 23.0 Å². The highest BCUT2D eigenvalue weighted by Gasteiger charge is 2.27. The van der Waals surface area contributed by atoms with Crippen LogP contribution in [0.4, 0.5) is 16.3 Å². The van der Waals surface area contributed by atoms with Crippen LogP contribution in [-0.2, 0) is 17.7 Å². The molecule has 33 heavy (non-hydrogen) atoms. The number of hydrogen-bond acceptors (Lipinski definition) is 7. The summed E-state index contributed by atoms with van der Waals surface area (Å²) >= 11 is 0. The third-order valence-electron chi connectivity index (χ3n) is 5.81. The number of nitrogens with one attached hydrogen (secondary N) is 1. The smallest absolute Gasteiger partial charge is 0.410 e. The number of nitrogens with zero attached hydrogens (tertiary/aromatic N) is 5. The minimum atomic E-state index is -0.473. The number of piperidine rings is 1. The highest BCUT2D eigenvalue weighted by atomic mass is 16.6. The van der Waals surface area contributed by atoms with Gasteiger partial charge in [-0.05, 0) is 63.6 Å². The molecule has 0 radical (unpaired) electrons. The van der Waals surface area contributed by atoms with Crippen molar-refractivity contribution in [2.45, 2.75) is 52.2 Å². The number of anilines is 2. The molecule has 9 nitrogen and oxygen atoms in total. The molecule has 0 aliphatic carbocycles. The van der Waals surface area contributed by atoms with E-state index in [9.17, 15) is 4.79 Å². The Morgan fingerprint density at radius 3 is 2.61 bits per heavy atom. The zero-order chi connectivity index (χ0) is 23.4. The Morgan fingerprint density at radius 1 is 1.18 bits per heavy atom. The van der Waals surface area contributed by atoms with Gasteiger partial charge in [-0.2, -0.15) is 5.10 Å². The lowest BCUT2D eigenvalue weighted by Gasteiger charge is -2.33. The van der Waals surface area contributed by atoms with Crippen molar-refractivity contribution in [2.24, 2.45) is 5.92 Å². The molecular formula is C24H33N7O2. The Balaban J connectivity index is 1.37. The van der Waals surface area contributed by atoms with Crippen LogP contribution in [0.2, 0.25) is 0 Å². The average Bonchev–Trinajstić information content (AvgIpc) is 3.18. The van der Waals surface area contributed by atoms with Crippen molar-refractivity contribution in [1.82, 2.24) is 24.6 Å². The number of amides is 1. The summed E-state index contributed by atoms with van der Waals surface area (Å²) in [6.45, 7) is 8.59. The van der Waals surface area contributed by atoms with Gasteiger partial charge in [-0.15, -0.1) is 0 Å². The van der Waals surface area contributed by atoms with Crippen molar-refractivity contribution in [3.05, 3.63) is 42.4 Å². The number of rotatable bonds is 6. The molecule has 1 aliphatic rings. The van der Waals surface area contributed by atoms with Crippen molar-refractivity contribution in [1.29, 1.82) is 0 Å². The number of nitrogens with two attached hydrogens (primary N) is 1. The fourth-order valence-corrected chi connectivity index (χ4v) is 4.07. The normalized spacial score (nSPS) is 15.1. The molecule has 3 heterocycles. The van der Waals surface area contributed by atoms with E-state index >= 15 is 0 Å². The van der Waals surface area contributed by atoms with Crippen molar-refractivity contribution in [2.75, 3.05) is 30.7 Å². The van der Waals surface area contributed by atoms with E-state index in [-0.39, 0.29) is 6.09 Å². The van der Waals surface area contributed by atoms with Gasteiger partial charge in [0, 0.05) is 31.9 Å². The predicted molar refractivity (Wildman–Crippen MR) is 129 cm³/mol. The van der Waals surface area contributed by atoms with Crippen LogP contribution in [-0.4, -0.2) is 56.0 Å². The van der Waals surface area contributed by atoms with Gasteiger partial charge in [0.25, 0.3) is 0 Å². The summed E-state index contributed by atoms with van der Waals surface area (Å²) in [4.78, 5) is 23.0. The van der Waals surface area contributed by atoms with E-state index < -0.39 is 5.60 Å². The van der Waals surface area contributed by atoms with E-state index in [1.54, 1.807) is 17.4 Å². The molecule has 1 fully saturated rings. The Labute approximate surface area is 194 Å². The summed E-state index contributed by atoms with van der Waals surface area (Å²) < 4.78 is 7.50. The molecule has 0 spiro atoms. The van der Waals surface area contributed by atoms with E-state index in [0.29, 0.717) is 19.0 Å². The minimum absolute atomic E-state index is 0.230. The van der Waals surface area contributed by atoms with Crippen molar-refractivity contribution < 1.29 is 9.53 Å². The van der Waals surface area contributed by atoms with Crippen LogP contribution in [0.5, 0.6) is 0 Å². The number of aromatic nitrogens is 4. The maximum absolute atomic E-state index is 12.3. The molecule has 1 saturated heterocycles. The Kier molecular flexibility index (Phi) is 6.67. The van der Waals surface area contributed by atoms with Crippen LogP contribution in [0.3, 0.4) is 0 Å². The van der Waals surface area contributed by atoms with Crippen LogP contribution in [0, 0.1) is 5.92 Å². The van der Waals surface area contributed by atoms with E-state index in [0.717, 1.165) is 54.9 Å². The standard InChI is InChI=1S/C24H33N7O2/c1-24(2,3)33-23(32)30-12-9-18(10-13-30)15-31-21-20(14-29-31)27-16-28-22(21)26-11-8-17-4-6-19(25)7-5-17/h4-7,14,16,18H,8-13,15,25H2,1-3H3,(H,26,27,28). The van der Waals surface area contributed by atoms with Crippen molar-refractivity contribution >= 4 is 28.6 Å². The van der Waals surface area contributed by atoms with Crippen molar-refractivity contribution in [3.63, 3.8) is 0 Å². The van der Waals surface area contributed by atoms with Crippen molar-refractivity contribution in [3.8, 4) is 0 Å². The summed E-state index contributed by atoms with van der Waals surface area (Å²) in [5, 5.41) is 8.03. The largest absolute Gasteiger partial charge is 0.444 e. The van der Waals surface area contributed by atoms with Crippen LogP contribution >= 0.6 is 0 Å². The summed E-state index contributed by atoms with van der Waals surface area (Å²) in [6.07, 6.45) is 5.81. The van der Waals surface area contributed by atoms with Gasteiger partial charge < -0.3 is 20.7 Å². The van der Waals surface area contributed by atoms with E-state index in [4.69, 9.17) is 10.5 Å². The molecule has 4 rings (SSSR count). The topological polar surface area (TPSA) is 111 Å². The Hall–Kier alpha value is -3.36. The molecule has 0 saturated carbocycles. The summed E-state index contributed by atoms with van der Waals surface area (Å²) in [5.41, 5.74) is 9.03. The SMILES string of the molecule is CC(C)(C)OC(=O)N1CCC(Cn2ncc3ncnc(NCCc4ccc(N)cc4)c32)CC1. The summed E-state index contributed by atoms with van der Waals surface area (Å²) in [6, 6.07) is 7.92. The maximum atomic E-state index is 12.3. The molecule has 0 unspecified atom stereocenters. The van der Waals surface area contributed by atoms with Gasteiger partial charge in [-0.3, -0.25) is 4.68 Å². The molecule has 0 atom stereocenters. The highest BCUT2D eigenvalue weighted by molar-refractivity contribution is 5.85. The first-order valence-corrected chi connectivity index (χ1v) is 11.5. The molecule has 9 heteroatoms. The number of ether oxygens (including phenoxy) is 1. The minimum Gasteiger partial charge on any atom is -0.444 e. The lowest BCUT2D eigenvalue weighted by molar-refractivity contribution is 0.0177. The number of hydrogen-bond donors (Lipinski definition) is 2. The fourth-order valence-electron chi connectivity index (χ4n) is 4.07. The molecule has 0 bridgehead atoms. The second-order valence-corrected chi connectivity index (χ2v) is 9.61. The quantitative estimate of drug-likeness (QED) is 0.550. The average molecular weight is 452 g/mol. The molecule has 1 amide bonds. The molecule has 2 aromatic heterocycles. The van der Waals surface area contributed by atoms with Gasteiger partial charge in [0.05, 0.1) is 6.20 Å². The molecule has 3 aromatic rings. The second-order valence-electron chi connectivity index (χ2n) is 9.61. The molecule has 176 valence electrons. The molecule has 1 aliphatic heterocycles. The molecule has 1 aromatic carbocycles. The Bertz CT molecular complexity index is 1080. The van der Waals surface area contributed by atoms with Crippen LogP contribution < -0.4 is 11.1 Å². The number of fused-ring (bicyclic) bond motifs is 1. The predicted octanol–water partition coefficient (Wildman–Crippen LogP) is 3.71. The van der Waals surface area contributed by atoms with Gasteiger partial charge >= 0.3 is 6.09 Å². The molecule has 3 N–H and O–H groups in total. The lowest BCUT2D eigenvalue weighted by atomic mass is 9.97. The van der Waals surface area contributed by atoms with E-state index in [2.05, 4.69) is 20.4 Å². The first-order chi connectivity index (χ1) is 15.8. The number of likely N-dealkylation sites (tertiary alicyclic amines) is 1. The Morgan fingerprint density at radius 2 is 1.91 bits per heavy atom. The monoisotopic (exact) mass is 451 g/mol. The third-order valence-corrected chi connectivity index (χ3v) is 5.81. The number of benzene rings is 1. The second kappa shape index (κ2) is 9.64. The summed E-state index contributed by atoms with van der Waals surface area (Å²) in [5.74, 6) is 1.22. The number of carbonyl (C=O) groups is 1. The summed E-state index contributed by atoms with van der Waals surface area (Å²) in [7, 11) is 0. The van der Waals surface area contributed by atoms with Gasteiger partial charge in [0.15, 0.2) is 5.82 Å². The number of carbonyl (C=O) groups excluding carboxylic acids is 1. The highest BCUT2D eigenvalue weighted by Crippen LogP contribution is 2.25. The number of nitrogen functional groups attached to an aromatic ring is 1.